The molecule has 1 atom stereocenters. The Balaban J connectivity index is 3.19. The van der Waals surface area contributed by atoms with Crippen molar-refractivity contribution in [2.24, 2.45) is 5.73 Å². The lowest BCUT2D eigenvalue weighted by molar-refractivity contribution is 0.397. The Morgan fingerprint density at radius 1 is 1.41 bits per heavy atom. The van der Waals surface area contributed by atoms with Gasteiger partial charge in [0.2, 0.25) is 0 Å². The molecule has 0 fully saturated rings. The third kappa shape index (κ3) is 3.21. The van der Waals surface area contributed by atoms with Crippen LogP contribution >= 0.6 is 0 Å². The highest BCUT2D eigenvalue weighted by Gasteiger charge is 2.20. The highest BCUT2D eigenvalue weighted by Crippen LogP contribution is 2.33. The minimum absolute atomic E-state index is 0.00623. The molecule has 0 aliphatic heterocycles. The van der Waals surface area contributed by atoms with E-state index in [2.05, 4.69) is 26.8 Å². The van der Waals surface area contributed by atoms with Crippen LogP contribution in [0.1, 0.15) is 44.4 Å². The number of benzene rings is 1. The summed E-state index contributed by atoms with van der Waals surface area (Å²) in [5.74, 6) is 0.866. The van der Waals surface area contributed by atoms with E-state index in [-0.39, 0.29) is 11.5 Å². The van der Waals surface area contributed by atoms with Gasteiger partial charge in [0, 0.05) is 6.04 Å². The Morgan fingerprint density at radius 2 is 2.06 bits per heavy atom. The average Bonchev–Trinajstić information content (AvgIpc) is 2.27. The van der Waals surface area contributed by atoms with Gasteiger partial charge in [0.1, 0.15) is 5.75 Å². The highest BCUT2D eigenvalue weighted by molar-refractivity contribution is 5.42. The SMILES string of the molecule is COc1ccc(C(N)CC#N)cc1C(C)(C)C. The molecule has 0 heterocycles. The van der Waals surface area contributed by atoms with Gasteiger partial charge in [-0.1, -0.05) is 26.8 Å². The summed E-state index contributed by atoms with van der Waals surface area (Å²) in [6.45, 7) is 6.39. The quantitative estimate of drug-likeness (QED) is 0.871. The molecule has 1 unspecified atom stereocenters. The molecule has 0 aliphatic rings. The van der Waals surface area contributed by atoms with Crippen molar-refractivity contribution in [3.8, 4) is 11.8 Å². The molecule has 0 aliphatic carbocycles. The van der Waals surface area contributed by atoms with Gasteiger partial charge in [-0.05, 0) is 28.7 Å². The summed E-state index contributed by atoms with van der Waals surface area (Å²) < 4.78 is 5.36. The lowest BCUT2D eigenvalue weighted by Crippen LogP contribution is -2.16. The minimum Gasteiger partial charge on any atom is -0.496 e. The van der Waals surface area contributed by atoms with Crippen molar-refractivity contribution in [1.29, 1.82) is 5.26 Å². The van der Waals surface area contributed by atoms with Crippen LogP contribution in [-0.2, 0) is 5.41 Å². The standard InChI is InChI=1S/C14H20N2O/c1-14(2,3)11-9-10(12(16)7-8-15)5-6-13(11)17-4/h5-6,9,12H,7,16H2,1-4H3. The van der Waals surface area contributed by atoms with Crippen molar-refractivity contribution < 1.29 is 4.74 Å². The van der Waals surface area contributed by atoms with Crippen LogP contribution in [0.25, 0.3) is 0 Å². The highest BCUT2D eigenvalue weighted by atomic mass is 16.5. The summed E-state index contributed by atoms with van der Waals surface area (Å²) in [6, 6.07) is 7.76. The van der Waals surface area contributed by atoms with Crippen LogP contribution < -0.4 is 10.5 Å². The molecule has 2 N–H and O–H groups in total. The van der Waals surface area contributed by atoms with Gasteiger partial charge in [-0.15, -0.1) is 0 Å². The van der Waals surface area contributed by atoms with Crippen LogP contribution in [0, 0.1) is 11.3 Å². The fourth-order valence-corrected chi connectivity index (χ4v) is 1.76. The van der Waals surface area contributed by atoms with Gasteiger partial charge in [0.05, 0.1) is 19.6 Å². The monoisotopic (exact) mass is 232 g/mol. The smallest absolute Gasteiger partial charge is 0.122 e. The number of rotatable bonds is 3. The summed E-state index contributed by atoms with van der Waals surface area (Å²) in [5.41, 5.74) is 8.04. The van der Waals surface area contributed by atoms with Crippen LogP contribution in [0.2, 0.25) is 0 Å². The van der Waals surface area contributed by atoms with Crippen LogP contribution in [0.3, 0.4) is 0 Å². The summed E-state index contributed by atoms with van der Waals surface area (Å²) in [5, 5.41) is 8.67. The van der Waals surface area contributed by atoms with Gasteiger partial charge in [-0.2, -0.15) is 5.26 Å². The van der Waals surface area contributed by atoms with Crippen LogP contribution in [0.4, 0.5) is 0 Å². The molecule has 1 rings (SSSR count). The molecule has 3 nitrogen and oxygen atoms in total. The minimum atomic E-state index is -0.230. The van der Waals surface area contributed by atoms with Gasteiger partial charge in [-0.25, -0.2) is 0 Å². The number of nitrogens with zero attached hydrogens (tertiary/aromatic N) is 1. The fourth-order valence-electron chi connectivity index (χ4n) is 1.76. The van der Waals surface area contributed by atoms with Crippen LogP contribution in [0.5, 0.6) is 5.75 Å². The molecular formula is C14H20N2O. The van der Waals surface area contributed by atoms with Crippen molar-refractivity contribution in [2.75, 3.05) is 7.11 Å². The first-order valence-electron chi connectivity index (χ1n) is 5.71. The van der Waals surface area contributed by atoms with Gasteiger partial charge >= 0.3 is 0 Å². The molecule has 0 spiro atoms. The molecule has 1 aromatic rings. The van der Waals surface area contributed by atoms with Crippen LogP contribution in [-0.4, -0.2) is 7.11 Å². The first-order chi connectivity index (χ1) is 7.90. The van der Waals surface area contributed by atoms with E-state index >= 15 is 0 Å². The third-order valence-electron chi connectivity index (χ3n) is 2.77. The molecule has 17 heavy (non-hydrogen) atoms. The lowest BCUT2D eigenvalue weighted by atomic mass is 9.84. The van der Waals surface area contributed by atoms with E-state index < -0.39 is 0 Å². The second-order valence-electron chi connectivity index (χ2n) is 5.18. The third-order valence-corrected chi connectivity index (χ3v) is 2.77. The van der Waals surface area contributed by atoms with Gasteiger partial charge in [0.25, 0.3) is 0 Å². The van der Waals surface area contributed by atoms with E-state index in [1.807, 2.05) is 18.2 Å². The summed E-state index contributed by atoms with van der Waals surface area (Å²) in [7, 11) is 1.67. The maximum atomic E-state index is 8.67. The summed E-state index contributed by atoms with van der Waals surface area (Å²) >= 11 is 0. The Morgan fingerprint density at radius 3 is 2.53 bits per heavy atom. The van der Waals surface area contributed by atoms with E-state index in [9.17, 15) is 0 Å². The van der Waals surface area contributed by atoms with E-state index in [1.54, 1.807) is 7.11 Å². The molecule has 1 aromatic carbocycles. The van der Waals surface area contributed by atoms with E-state index in [0.717, 1.165) is 16.9 Å². The van der Waals surface area contributed by atoms with E-state index in [0.29, 0.717) is 6.42 Å². The predicted molar refractivity (Wildman–Crippen MR) is 68.9 cm³/mol. The molecule has 0 amide bonds. The molecule has 0 saturated carbocycles. The van der Waals surface area contributed by atoms with Crippen LogP contribution in [0.15, 0.2) is 18.2 Å². The molecule has 0 aromatic heterocycles. The van der Waals surface area contributed by atoms with Gasteiger partial charge < -0.3 is 10.5 Å². The maximum absolute atomic E-state index is 8.67. The number of ether oxygens (including phenoxy) is 1. The lowest BCUT2D eigenvalue weighted by Gasteiger charge is -2.23. The molecule has 0 saturated heterocycles. The second-order valence-corrected chi connectivity index (χ2v) is 5.18. The van der Waals surface area contributed by atoms with Gasteiger partial charge in [0.15, 0.2) is 0 Å². The fraction of sp³-hybridized carbons (Fsp3) is 0.500. The number of hydrogen-bond acceptors (Lipinski definition) is 3. The molecule has 92 valence electrons. The maximum Gasteiger partial charge on any atom is 0.122 e. The van der Waals surface area contributed by atoms with E-state index in [1.165, 1.54) is 0 Å². The predicted octanol–water partition coefficient (Wildman–Crippen LogP) is 2.91. The zero-order chi connectivity index (χ0) is 13.1. The first-order valence-corrected chi connectivity index (χ1v) is 5.71. The van der Waals surface area contributed by atoms with Crippen molar-refractivity contribution in [2.45, 2.75) is 38.6 Å². The van der Waals surface area contributed by atoms with E-state index in [4.69, 9.17) is 15.7 Å². The second kappa shape index (κ2) is 5.20. The topological polar surface area (TPSA) is 59.0 Å². The summed E-state index contributed by atoms with van der Waals surface area (Å²) in [6.07, 6.45) is 0.329. The van der Waals surface area contributed by atoms with Crippen molar-refractivity contribution in [3.63, 3.8) is 0 Å². The molecule has 3 heteroatoms. The first kappa shape index (κ1) is 13.5. The molecular weight excluding hydrogens is 212 g/mol. The number of methoxy groups -OCH3 is 1. The Hall–Kier alpha value is -1.53. The molecule has 0 radical (unpaired) electrons. The van der Waals surface area contributed by atoms with Crippen molar-refractivity contribution in [3.05, 3.63) is 29.3 Å². The summed E-state index contributed by atoms with van der Waals surface area (Å²) in [4.78, 5) is 0. The Kier molecular flexibility index (Phi) is 4.14. The van der Waals surface area contributed by atoms with Crippen molar-refractivity contribution >= 4 is 0 Å². The van der Waals surface area contributed by atoms with Gasteiger partial charge in [-0.3, -0.25) is 0 Å². The largest absolute Gasteiger partial charge is 0.496 e. The number of hydrogen-bond donors (Lipinski definition) is 1. The van der Waals surface area contributed by atoms with Crippen molar-refractivity contribution in [1.82, 2.24) is 0 Å². The molecule has 0 bridgehead atoms. The average molecular weight is 232 g/mol. The normalized spacial score (nSPS) is 12.9. The zero-order valence-corrected chi connectivity index (χ0v) is 10.9. The Bertz CT molecular complexity index is 427. The number of nitriles is 1. The number of nitrogens with two attached hydrogens (primary N) is 1. The Labute approximate surface area is 103 Å². The zero-order valence-electron chi connectivity index (χ0n) is 10.9.